The van der Waals surface area contributed by atoms with E-state index in [2.05, 4.69) is 5.32 Å². The molecule has 1 aliphatic rings. The van der Waals surface area contributed by atoms with Crippen LogP contribution in [-0.2, 0) is 12.7 Å². The number of rotatable bonds is 4. The van der Waals surface area contributed by atoms with Gasteiger partial charge in [0.2, 0.25) is 0 Å². The molecule has 4 heteroatoms. The number of hydrogen-bond acceptors (Lipinski definition) is 1. The molecule has 1 aromatic carbocycles. The molecule has 18 heavy (non-hydrogen) atoms. The fourth-order valence-corrected chi connectivity index (χ4v) is 2.49. The zero-order valence-electron chi connectivity index (χ0n) is 10.3. The van der Waals surface area contributed by atoms with E-state index < -0.39 is 11.7 Å². The fourth-order valence-electron chi connectivity index (χ4n) is 2.49. The van der Waals surface area contributed by atoms with Crippen LogP contribution in [0.4, 0.5) is 13.2 Å². The van der Waals surface area contributed by atoms with E-state index in [9.17, 15) is 13.2 Å². The molecule has 100 valence electrons. The lowest BCUT2D eigenvalue weighted by Crippen LogP contribution is -2.21. The summed E-state index contributed by atoms with van der Waals surface area (Å²) in [5.41, 5.74) is 0.130. The highest BCUT2D eigenvalue weighted by Crippen LogP contribution is 2.29. The number of halogens is 3. The molecule has 2 rings (SSSR count). The van der Waals surface area contributed by atoms with E-state index in [1.165, 1.54) is 37.8 Å². The number of benzene rings is 1. The second kappa shape index (κ2) is 5.74. The van der Waals surface area contributed by atoms with Crippen LogP contribution in [0, 0.1) is 5.92 Å². The largest absolute Gasteiger partial charge is 0.416 e. The maximum Gasteiger partial charge on any atom is 0.416 e. The van der Waals surface area contributed by atoms with E-state index in [1.807, 2.05) is 0 Å². The van der Waals surface area contributed by atoms with Gasteiger partial charge in [-0.3, -0.25) is 0 Å². The molecule has 1 aromatic rings. The summed E-state index contributed by atoms with van der Waals surface area (Å²) in [6.45, 7) is 1.43. The number of hydrogen-bond donors (Lipinski definition) is 1. The Labute approximate surface area is 105 Å². The molecule has 1 saturated carbocycles. The van der Waals surface area contributed by atoms with Gasteiger partial charge in [0.15, 0.2) is 0 Å². The van der Waals surface area contributed by atoms with Crippen LogP contribution >= 0.6 is 0 Å². The van der Waals surface area contributed by atoms with E-state index >= 15 is 0 Å². The van der Waals surface area contributed by atoms with Crippen LogP contribution in [-0.4, -0.2) is 6.54 Å². The first kappa shape index (κ1) is 13.4. The summed E-state index contributed by atoms with van der Waals surface area (Å²) < 4.78 is 37.5. The van der Waals surface area contributed by atoms with Crippen molar-refractivity contribution in [3.8, 4) is 0 Å². The smallest absolute Gasteiger partial charge is 0.312 e. The van der Waals surface area contributed by atoms with Crippen molar-refractivity contribution in [2.75, 3.05) is 6.54 Å². The van der Waals surface area contributed by atoms with Gasteiger partial charge < -0.3 is 5.32 Å². The molecule has 1 N–H and O–H groups in total. The molecule has 0 spiro atoms. The molecule has 0 bridgehead atoms. The molecule has 0 heterocycles. The SMILES string of the molecule is FC(F)(F)c1cccc(CNCC2CCCC2)c1. The van der Waals surface area contributed by atoms with Gasteiger partial charge in [-0.15, -0.1) is 0 Å². The third kappa shape index (κ3) is 3.73. The highest BCUT2D eigenvalue weighted by molar-refractivity contribution is 5.25. The summed E-state index contributed by atoms with van der Waals surface area (Å²) in [7, 11) is 0. The van der Waals surface area contributed by atoms with Crippen molar-refractivity contribution < 1.29 is 13.2 Å². The summed E-state index contributed by atoms with van der Waals surface area (Å²) in [6.07, 6.45) is 0.818. The lowest BCUT2D eigenvalue weighted by Gasteiger charge is -2.12. The van der Waals surface area contributed by atoms with Gasteiger partial charge >= 0.3 is 6.18 Å². The van der Waals surface area contributed by atoms with Gasteiger partial charge in [0.05, 0.1) is 5.56 Å². The van der Waals surface area contributed by atoms with Crippen LogP contribution in [0.15, 0.2) is 24.3 Å². The molecule has 0 amide bonds. The van der Waals surface area contributed by atoms with Crippen molar-refractivity contribution in [1.82, 2.24) is 5.32 Å². The maximum absolute atomic E-state index is 12.5. The standard InChI is InChI=1S/C14H18F3N/c15-14(16,17)13-7-3-6-12(8-13)10-18-9-11-4-1-2-5-11/h3,6-8,11,18H,1-2,4-5,9-10H2. The summed E-state index contributed by atoms with van der Waals surface area (Å²) in [6, 6.07) is 5.54. The van der Waals surface area contributed by atoms with Crippen LogP contribution in [0.1, 0.15) is 36.8 Å². The Morgan fingerprint density at radius 3 is 2.56 bits per heavy atom. The first-order chi connectivity index (χ1) is 8.55. The van der Waals surface area contributed by atoms with Gasteiger partial charge in [-0.1, -0.05) is 31.0 Å². The highest BCUT2D eigenvalue weighted by Gasteiger charge is 2.30. The lowest BCUT2D eigenvalue weighted by atomic mass is 10.1. The summed E-state index contributed by atoms with van der Waals surface area (Å²) >= 11 is 0. The van der Waals surface area contributed by atoms with Crippen molar-refractivity contribution in [3.05, 3.63) is 35.4 Å². The van der Waals surface area contributed by atoms with Gasteiger partial charge in [-0.2, -0.15) is 13.2 Å². The maximum atomic E-state index is 12.5. The Morgan fingerprint density at radius 1 is 1.17 bits per heavy atom. The van der Waals surface area contributed by atoms with Crippen LogP contribution in [0.3, 0.4) is 0 Å². The molecule has 0 atom stereocenters. The minimum Gasteiger partial charge on any atom is -0.312 e. The van der Waals surface area contributed by atoms with Crippen molar-refractivity contribution in [2.24, 2.45) is 5.92 Å². The van der Waals surface area contributed by atoms with Crippen molar-refractivity contribution in [2.45, 2.75) is 38.4 Å². The van der Waals surface area contributed by atoms with E-state index in [-0.39, 0.29) is 0 Å². The summed E-state index contributed by atoms with van der Waals surface area (Å²) in [5.74, 6) is 0.704. The molecule has 0 aliphatic heterocycles. The van der Waals surface area contributed by atoms with Gasteiger partial charge in [0.25, 0.3) is 0 Å². The average Bonchev–Trinajstić information content (AvgIpc) is 2.81. The van der Waals surface area contributed by atoms with Crippen molar-refractivity contribution in [3.63, 3.8) is 0 Å². The van der Waals surface area contributed by atoms with Crippen LogP contribution in [0.25, 0.3) is 0 Å². The molecule has 0 saturated heterocycles. The van der Waals surface area contributed by atoms with Crippen molar-refractivity contribution >= 4 is 0 Å². The van der Waals surface area contributed by atoms with E-state index in [0.717, 1.165) is 12.6 Å². The Bertz CT molecular complexity index is 381. The van der Waals surface area contributed by atoms with Gasteiger partial charge in [-0.05, 0) is 36.9 Å². The number of nitrogens with one attached hydrogen (secondary N) is 1. The predicted octanol–water partition coefficient (Wildman–Crippen LogP) is 3.99. The molecule has 1 fully saturated rings. The Hall–Kier alpha value is -1.03. The van der Waals surface area contributed by atoms with Crippen LogP contribution < -0.4 is 5.32 Å². The zero-order chi connectivity index (χ0) is 13.0. The van der Waals surface area contributed by atoms with Gasteiger partial charge in [0.1, 0.15) is 0 Å². The second-order valence-corrected chi connectivity index (χ2v) is 4.98. The Kier molecular flexibility index (Phi) is 4.27. The Balaban J connectivity index is 1.85. The fraction of sp³-hybridized carbons (Fsp3) is 0.571. The molecule has 0 aromatic heterocycles. The Morgan fingerprint density at radius 2 is 1.89 bits per heavy atom. The topological polar surface area (TPSA) is 12.0 Å². The molecule has 0 radical (unpaired) electrons. The van der Waals surface area contributed by atoms with Crippen LogP contribution in [0.2, 0.25) is 0 Å². The number of alkyl halides is 3. The van der Waals surface area contributed by atoms with E-state index in [0.29, 0.717) is 18.0 Å². The van der Waals surface area contributed by atoms with E-state index in [1.54, 1.807) is 6.07 Å². The van der Waals surface area contributed by atoms with Crippen LogP contribution in [0.5, 0.6) is 0 Å². The molecular formula is C14H18F3N. The summed E-state index contributed by atoms with van der Waals surface area (Å²) in [4.78, 5) is 0. The third-order valence-electron chi connectivity index (χ3n) is 3.49. The highest BCUT2D eigenvalue weighted by atomic mass is 19.4. The molecule has 0 unspecified atom stereocenters. The minimum atomic E-state index is -4.25. The normalized spacial score (nSPS) is 17.3. The average molecular weight is 257 g/mol. The third-order valence-corrected chi connectivity index (χ3v) is 3.49. The summed E-state index contributed by atoms with van der Waals surface area (Å²) in [5, 5.41) is 3.25. The molecule has 1 aliphatic carbocycles. The minimum absolute atomic E-state index is 0.514. The lowest BCUT2D eigenvalue weighted by molar-refractivity contribution is -0.137. The second-order valence-electron chi connectivity index (χ2n) is 4.98. The van der Waals surface area contributed by atoms with Gasteiger partial charge in [0, 0.05) is 6.54 Å². The molecular weight excluding hydrogens is 239 g/mol. The predicted molar refractivity (Wildman–Crippen MR) is 65.1 cm³/mol. The van der Waals surface area contributed by atoms with Gasteiger partial charge in [-0.25, -0.2) is 0 Å². The quantitative estimate of drug-likeness (QED) is 0.860. The first-order valence-electron chi connectivity index (χ1n) is 6.42. The van der Waals surface area contributed by atoms with E-state index in [4.69, 9.17) is 0 Å². The van der Waals surface area contributed by atoms with Crippen molar-refractivity contribution in [1.29, 1.82) is 0 Å². The first-order valence-corrected chi connectivity index (χ1v) is 6.42. The molecule has 1 nitrogen and oxygen atoms in total. The monoisotopic (exact) mass is 257 g/mol. The zero-order valence-corrected chi connectivity index (χ0v) is 10.3.